The highest BCUT2D eigenvalue weighted by Crippen LogP contribution is 2.31. The van der Waals surface area contributed by atoms with E-state index < -0.39 is 5.82 Å². The summed E-state index contributed by atoms with van der Waals surface area (Å²) in [5.74, 6) is 0.833. The summed E-state index contributed by atoms with van der Waals surface area (Å²) >= 11 is 0. The molecule has 1 aliphatic heterocycles. The van der Waals surface area contributed by atoms with Crippen molar-refractivity contribution in [2.24, 2.45) is 0 Å². The van der Waals surface area contributed by atoms with Crippen molar-refractivity contribution < 1.29 is 9.18 Å². The topological polar surface area (TPSA) is 74.2 Å². The van der Waals surface area contributed by atoms with Crippen molar-refractivity contribution in [2.45, 2.75) is 25.8 Å². The van der Waals surface area contributed by atoms with Gasteiger partial charge in [0.15, 0.2) is 11.6 Å². The lowest BCUT2D eigenvalue weighted by molar-refractivity contribution is 0.0742. The number of aromatic nitrogens is 3. The molecule has 0 bridgehead atoms. The van der Waals surface area contributed by atoms with Gasteiger partial charge in [0, 0.05) is 38.4 Å². The van der Waals surface area contributed by atoms with Gasteiger partial charge in [-0.1, -0.05) is 6.07 Å². The van der Waals surface area contributed by atoms with Crippen LogP contribution in [0.15, 0.2) is 36.7 Å². The van der Waals surface area contributed by atoms with Crippen LogP contribution in [0.4, 0.5) is 16.0 Å². The Balaban J connectivity index is 1.36. The maximum atomic E-state index is 14.2. The highest BCUT2D eigenvalue weighted by molar-refractivity contribution is 5.94. The minimum Gasteiger partial charge on any atom is -0.364 e. The summed E-state index contributed by atoms with van der Waals surface area (Å²) in [6.07, 6.45) is 5.71. The minimum atomic E-state index is -0.466. The molecule has 0 unspecified atom stereocenters. The Morgan fingerprint density at radius 3 is 2.63 bits per heavy atom. The fourth-order valence-corrected chi connectivity index (χ4v) is 3.72. The van der Waals surface area contributed by atoms with Gasteiger partial charge in [-0.2, -0.15) is 0 Å². The van der Waals surface area contributed by atoms with Crippen LogP contribution in [0, 0.1) is 12.7 Å². The molecule has 1 saturated heterocycles. The van der Waals surface area contributed by atoms with E-state index in [4.69, 9.17) is 9.97 Å². The Hall–Kier alpha value is -3.29. The number of carbonyl (C=O) groups excluding carboxylic acids is 1. The molecule has 0 atom stereocenters. The number of anilines is 2. The summed E-state index contributed by atoms with van der Waals surface area (Å²) in [6, 6.07) is 7.04. The van der Waals surface area contributed by atoms with E-state index in [-0.39, 0.29) is 11.5 Å². The molecular formula is C22H23FN6O. The Morgan fingerprint density at radius 1 is 1.10 bits per heavy atom. The molecule has 0 spiro atoms. The molecule has 1 saturated carbocycles. The predicted octanol–water partition coefficient (Wildman–Crippen LogP) is 3.01. The minimum absolute atomic E-state index is 0.127. The lowest BCUT2D eigenvalue weighted by atomic mass is 10.1. The summed E-state index contributed by atoms with van der Waals surface area (Å²) < 4.78 is 14.2. The zero-order valence-electron chi connectivity index (χ0n) is 16.8. The highest BCUT2D eigenvalue weighted by atomic mass is 19.1. The molecule has 5 rings (SSSR count). The molecule has 1 aromatic carbocycles. The van der Waals surface area contributed by atoms with Gasteiger partial charge in [0.05, 0.1) is 17.3 Å². The molecule has 1 N–H and O–H groups in total. The number of aryl methyl sites for hydroxylation is 1. The molecule has 1 aliphatic carbocycles. The van der Waals surface area contributed by atoms with Crippen LogP contribution in [0.3, 0.4) is 0 Å². The number of rotatable bonds is 4. The largest absolute Gasteiger partial charge is 0.364 e. The van der Waals surface area contributed by atoms with Gasteiger partial charge in [-0.15, -0.1) is 0 Å². The smallest absolute Gasteiger partial charge is 0.256 e. The third-order valence-corrected chi connectivity index (χ3v) is 5.59. The van der Waals surface area contributed by atoms with Gasteiger partial charge in [-0.05, 0) is 43.5 Å². The lowest BCUT2D eigenvalue weighted by Crippen LogP contribution is -2.49. The number of hydrogen-bond donors (Lipinski definition) is 1. The van der Waals surface area contributed by atoms with Crippen LogP contribution in [0.5, 0.6) is 0 Å². The van der Waals surface area contributed by atoms with Crippen LogP contribution in [0.2, 0.25) is 0 Å². The van der Waals surface area contributed by atoms with E-state index in [0.717, 1.165) is 41.1 Å². The second kappa shape index (κ2) is 7.51. The molecule has 2 aromatic heterocycles. The molecular weight excluding hydrogens is 383 g/mol. The van der Waals surface area contributed by atoms with Gasteiger partial charge in [0.1, 0.15) is 11.3 Å². The molecule has 7 nitrogen and oxygen atoms in total. The van der Waals surface area contributed by atoms with Gasteiger partial charge in [0.25, 0.3) is 5.91 Å². The van der Waals surface area contributed by atoms with Crippen LogP contribution in [-0.2, 0) is 0 Å². The lowest BCUT2D eigenvalue weighted by Gasteiger charge is -2.36. The number of carbonyl (C=O) groups is 1. The van der Waals surface area contributed by atoms with Gasteiger partial charge in [0.2, 0.25) is 0 Å². The Bertz CT molecular complexity index is 1110. The van der Waals surface area contributed by atoms with E-state index in [0.29, 0.717) is 32.2 Å². The second-order valence-corrected chi connectivity index (χ2v) is 7.94. The number of hydrogen-bond acceptors (Lipinski definition) is 6. The van der Waals surface area contributed by atoms with E-state index in [1.807, 2.05) is 13.0 Å². The fraction of sp³-hybridized carbons (Fsp3) is 0.364. The fourth-order valence-electron chi connectivity index (χ4n) is 3.72. The van der Waals surface area contributed by atoms with E-state index in [1.165, 1.54) is 6.07 Å². The van der Waals surface area contributed by atoms with Gasteiger partial charge >= 0.3 is 0 Å². The van der Waals surface area contributed by atoms with Crippen LogP contribution in [0.25, 0.3) is 11.0 Å². The van der Waals surface area contributed by atoms with Gasteiger partial charge in [-0.3, -0.25) is 9.78 Å². The first-order valence-electron chi connectivity index (χ1n) is 10.3. The maximum Gasteiger partial charge on any atom is 0.256 e. The quantitative estimate of drug-likeness (QED) is 0.718. The monoisotopic (exact) mass is 406 g/mol. The van der Waals surface area contributed by atoms with E-state index in [2.05, 4.69) is 15.2 Å². The predicted molar refractivity (Wildman–Crippen MR) is 113 cm³/mol. The average molecular weight is 406 g/mol. The molecule has 30 heavy (non-hydrogen) atoms. The summed E-state index contributed by atoms with van der Waals surface area (Å²) in [7, 11) is 0. The van der Waals surface area contributed by atoms with Crippen LogP contribution in [-0.4, -0.2) is 58.0 Å². The summed E-state index contributed by atoms with van der Waals surface area (Å²) in [4.78, 5) is 30.4. The van der Waals surface area contributed by atoms with Crippen molar-refractivity contribution in [3.8, 4) is 0 Å². The average Bonchev–Trinajstić information content (AvgIpc) is 3.57. The highest BCUT2D eigenvalue weighted by Gasteiger charge is 2.28. The molecule has 0 radical (unpaired) electrons. The van der Waals surface area contributed by atoms with E-state index >= 15 is 0 Å². The van der Waals surface area contributed by atoms with Crippen molar-refractivity contribution >= 4 is 28.6 Å². The van der Waals surface area contributed by atoms with Gasteiger partial charge in [-0.25, -0.2) is 14.4 Å². The van der Waals surface area contributed by atoms with Crippen LogP contribution < -0.4 is 10.2 Å². The normalized spacial score (nSPS) is 16.7. The van der Waals surface area contributed by atoms with Crippen molar-refractivity contribution in [2.75, 3.05) is 36.4 Å². The van der Waals surface area contributed by atoms with E-state index in [1.54, 1.807) is 29.4 Å². The molecule has 1 amide bonds. The van der Waals surface area contributed by atoms with Crippen LogP contribution in [0.1, 0.15) is 28.8 Å². The second-order valence-electron chi connectivity index (χ2n) is 7.94. The number of nitrogens with zero attached hydrogens (tertiary/aromatic N) is 5. The number of pyridine rings is 1. The standard InChI is InChI=1S/C22H23FN6O/c1-14-2-5-16(17(23)12-14)22(30)29-10-8-28(9-11-29)21-20(25-15-3-4-15)26-18-6-7-24-13-19(18)27-21/h2,5-7,12-13,15H,3-4,8-11H2,1H3,(H,25,26). The molecule has 3 aromatic rings. The summed E-state index contributed by atoms with van der Waals surface area (Å²) in [5.41, 5.74) is 2.48. The molecule has 2 fully saturated rings. The summed E-state index contributed by atoms with van der Waals surface area (Å²) in [6.45, 7) is 4.03. The molecule has 3 heterocycles. The summed E-state index contributed by atoms with van der Waals surface area (Å²) in [5, 5.41) is 3.48. The van der Waals surface area contributed by atoms with Crippen molar-refractivity contribution in [1.29, 1.82) is 0 Å². The Kier molecular flexibility index (Phi) is 4.69. The van der Waals surface area contributed by atoms with Crippen molar-refractivity contribution in [1.82, 2.24) is 19.9 Å². The first-order chi connectivity index (χ1) is 14.6. The zero-order chi connectivity index (χ0) is 20.7. The molecule has 154 valence electrons. The number of nitrogens with one attached hydrogen (secondary N) is 1. The van der Waals surface area contributed by atoms with Crippen LogP contribution >= 0.6 is 0 Å². The van der Waals surface area contributed by atoms with Crippen molar-refractivity contribution in [3.63, 3.8) is 0 Å². The zero-order valence-corrected chi connectivity index (χ0v) is 16.8. The number of piperazine rings is 1. The Morgan fingerprint density at radius 2 is 1.90 bits per heavy atom. The first kappa shape index (κ1) is 18.7. The number of fused-ring (bicyclic) bond motifs is 1. The van der Waals surface area contributed by atoms with E-state index in [9.17, 15) is 9.18 Å². The maximum absolute atomic E-state index is 14.2. The molecule has 8 heteroatoms. The SMILES string of the molecule is Cc1ccc(C(=O)N2CCN(c3nc4cnccc4nc3NC3CC3)CC2)c(F)c1. The number of amides is 1. The molecule has 2 aliphatic rings. The van der Waals surface area contributed by atoms with Crippen molar-refractivity contribution in [3.05, 3.63) is 53.6 Å². The number of halogens is 1. The third kappa shape index (κ3) is 3.65. The van der Waals surface area contributed by atoms with Gasteiger partial charge < -0.3 is 15.1 Å². The number of benzene rings is 1. The Labute approximate surface area is 173 Å². The first-order valence-corrected chi connectivity index (χ1v) is 10.3. The third-order valence-electron chi connectivity index (χ3n) is 5.59.